The number of likely N-dealkylation sites (tertiary alicyclic amines) is 1. The summed E-state index contributed by atoms with van der Waals surface area (Å²) in [5.74, 6) is 0.466. The SMILES string of the molecule is Cc1nnc2sc(C(=O)N3CC(c4cccs4)C3)c(N)c2c1C. The lowest BCUT2D eigenvalue weighted by Gasteiger charge is -2.38. The van der Waals surface area contributed by atoms with Crippen LogP contribution in [0.1, 0.15) is 31.7 Å². The van der Waals surface area contributed by atoms with Crippen molar-refractivity contribution in [3.8, 4) is 0 Å². The van der Waals surface area contributed by atoms with Crippen LogP contribution in [0.2, 0.25) is 0 Å². The molecule has 0 aromatic carbocycles. The highest BCUT2D eigenvalue weighted by molar-refractivity contribution is 7.21. The standard InChI is InChI=1S/C16H16N4OS2/c1-8-9(2)18-19-15-12(8)13(17)14(23-15)16(21)20-6-10(7-20)11-4-3-5-22-11/h3-5,10H,6-7,17H2,1-2H3. The van der Waals surface area contributed by atoms with Crippen LogP contribution < -0.4 is 5.73 Å². The van der Waals surface area contributed by atoms with Crippen molar-refractivity contribution in [2.45, 2.75) is 19.8 Å². The van der Waals surface area contributed by atoms with E-state index in [9.17, 15) is 4.79 Å². The van der Waals surface area contributed by atoms with Crippen molar-refractivity contribution in [2.75, 3.05) is 18.8 Å². The molecule has 7 heteroatoms. The molecule has 0 saturated carbocycles. The smallest absolute Gasteiger partial charge is 0.266 e. The Labute approximate surface area is 141 Å². The molecule has 1 amide bonds. The molecule has 1 aliphatic heterocycles. The van der Waals surface area contributed by atoms with Crippen LogP contribution in [0, 0.1) is 13.8 Å². The van der Waals surface area contributed by atoms with Crippen LogP contribution in [0.15, 0.2) is 17.5 Å². The second-order valence-electron chi connectivity index (χ2n) is 5.86. The second kappa shape index (κ2) is 5.28. The second-order valence-corrected chi connectivity index (χ2v) is 7.84. The van der Waals surface area contributed by atoms with E-state index in [2.05, 4.69) is 27.7 Å². The Morgan fingerprint density at radius 3 is 2.83 bits per heavy atom. The van der Waals surface area contributed by atoms with Crippen LogP contribution in [0.5, 0.6) is 0 Å². The Balaban J connectivity index is 1.61. The zero-order chi connectivity index (χ0) is 16.1. The monoisotopic (exact) mass is 344 g/mol. The molecule has 4 heterocycles. The van der Waals surface area contributed by atoms with Gasteiger partial charge in [-0.15, -0.1) is 27.8 Å². The van der Waals surface area contributed by atoms with E-state index in [4.69, 9.17) is 5.73 Å². The van der Waals surface area contributed by atoms with Gasteiger partial charge < -0.3 is 10.6 Å². The van der Waals surface area contributed by atoms with E-state index in [1.165, 1.54) is 16.2 Å². The molecule has 2 N–H and O–H groups in total. The molecule has 4 rings (SSSR count). The molecule has 3 aromatic rings. The molecule has 118 valence electrons. The first-order valence-electron chi connectivity index (χ1n) is 7.40. The minimum absolute atomic E-state index is 0.00959. The van der Waals surface area contributed by atoms with Gasteiger partial charge in [-0.05, 0) is 30.9 Å². The first-order valence-corrected chi connectivity index (χ1v) is 9.10. The fourth-order valence-corrected chi connectivity index (χ4v) is 4.77. The van der Waals surface area contributed by atoms with Gasteiger partial charge in [0.05, 0.1) is 11.4 Å². The molecule has 0 atom stereocenters. The molecular weight excluding hydrogens is 328 g/mol. The lowest BCUT2D eigenvalue weighted by molar-refractivity contribution is 0.0611. The van der Waals surface area contributed by atoms with Gasteiger partial charge >= 0.3 is 0 Å². The summed E-state index contributed by atoms with van der Waals surface area (Å²) in [6, 6.07) is 4.19. The largest absolute Gasteiger partial charge is 0.397 e. The van der Waals surface area contributed by atoms with Gasteiger partial charge in [0.15, 0.2) is 0 Å². The molecule has 0 radical (unpaired) electrons. The van der Waals surface area contributed by atoms with Gasteiger partial charge in [0.2, 0.25) is 0 Å². The molecule has 3 aromatic heterocycles. The fourth-order valence-electron chi connectivity index (χ4n) is 2.89. The summed E-state index contributed by atoms with van der Waals surface area (Å²) < 4.78 is 0. The van der Waals surface area contributed by atoms with Crippen LogP contribution >= 0.6 is 22.7 Å². The molecule has 5 nitrogen and oxygen atoms in total. The number of amides is 1. The van der Waals surface area contributed by atoms with E-state index in [1.54, 1.807) is 11.3 Å². The summed E-state index contributed by atoms with van der Waals surface area (Å²) in [5, 5.41) is 11.3. The van der Waals surface area contributed by atoms with Gasteiger partial charge in [-0.3, -0.25) is 4.79 Å². The molecule has 1 aliphatic rings. The maximum atomic E-state index is 12.7. The predicted molar refractivity (Wildman–Crippen MR) is 94.3 cm³/mol. The zero-order valence-electron chi connectivity index (χ0n) is 12.9. The quantitative estimate of drug-likeness (QED) is 0.775. The maximum absolute atomic E-state index is 12.7. The summed E-state index contributed by atoms with van der Waals surface area (Å²) in [4.78, 5) is 17.3. The highest BCUT2D eigenvalue weighted by Gasteiger charge is 2.34. The van der Waals surface area contributed by atoms with Gasteiger partial charge in [-0.25, -0.2) is 0 Å². The molecule has 0 bridgehead atoms. The molecule has 0 aliphatic carbocycles. The minimum Gasteiger partial charge on any atom is -0.397 e. The number of nitrogens with zero attached hydrogens (tertiary/aromatic N) is 3. The highest BCUT2D eigenvalue weighted by atomic mass is 32.1. The van der Waals surface area contributed by atoms with Crippen molar-refractivity contribution in [2.24, 2.45) is 0 Å². The van der Waals surface area contributed by atoms with Gasteiger partial charge in [0.25, 0.3) is 5.91 Å². The number of carbonyl (C=O) groups excluding carboxylic acids is 1. The van der Waals surface area contributed by atoms with Crippen molar-refractivity contribution in [1.29, 1.82) is 0 Å². The van der Waals surface area contributed by atoms with Crippen LogP contribution in [0.25, 0.3) is 10.2 Å². The fraction of sp³-hybridized carbons (Fsp3) is 0.312. The number of nitrogen functional groups attached to an aromatic ring is 1. The van der Waals surface area contributed by atoms with E-state index in [0.29, 0.717) is 16.5 Å². The number of hydrogen-bond acceptors (Lipinski definition) is 6. The summed E-state index contributed by atoms with van der Waals surface area (Å²) >= 11 is 3.09. The summed E-state index contributed by atoms with van der Waals surface area (Å²) in [7, 11) is 0. The lowest BCUT2D eigenvalue weighted by Crippen LogP contribution is -2.48. The Morgan fingerprint density at radius 2 is 2.13 bits per heavy atom. The molecule has 0 unspecified atom stereocenters. The van der Waals surface area contributed by atoms with E-state index in [0.717, 1.165) is 34.6 Å². The van der Waals surface area contributed by atoms with E-state index in [1.807, 2.05) is 18.7 Å². The molecule has 0 spiro atoms. The third-order valence-corrected chi connectivity index (χ3v) is 6.56. The number of aryl methyl sites for hydroxylation is 2. The predicted octanol–water partition coefficient (Wildman–Crippen LogP) is 3.19. The maximum Gasteiger partial charge on any atom is 0.266 e. The number of carbonyl (C=O) groups is 1. The Hall–Kier alpha value is -1.99. The number of aromatic nitrogens is 2. The first kappa shape index (κ1) is 14.6. The number of rotatable bonds is 2. The minimum atomic E-state index is 0.00959. The van der Waals surface area contributed by atoms with Crippen molar-refractivity contribution >= 4 is 44.5 Å². The average Bonchev–Trinajstić information content (AvgIpc) is 3.10. The van der Waals surface area contributed by atoms with E-state index >= 15 is 0 Å². The Kier molecular flexibility index (Phi) is 3.35. The summed E-state index contributed by atoms with van der Waals surface area (Å²) in [6.45, 7) is 5.40. The number of fused-ring (bicyclic) bond motifs is 1. The van der Waals surface area contributed by atoms with Crippen molar-refractivity contribution < 1.29 is 4.79 Å². The first-order chi connectivity index (χ1) is 11.1. The van der Waals surface area contributed by atoms with E-state index < -0.39 is 0 Å². The normalized spacial score (nSPS) is 15.1. The van der Waals surface area contributed by atoms with Gasteiger partial charge in [-0.1, -0.05) is 6.07 Å². The Bertz CT molecular complexity index is 895. The highest BCUT2D eigenvalue weighted by Crippen LogP contribution is 2.38. The van der Waals surface area contributed by atoms with Crippen LogP contribution in [-0.2, 0) is 0 Å². The molecule has 1 fully saturated rings. The summed E-state index contributed by atoms with van der Waals surface area (Å²) in [6.07, 6.45) is 0. The zero-order valence-corrected chi connectivity index (χ0v) is 14.5. The van der Waals surface area contributed by atoms with E-state index in [-0.39, 0.29) is 5.91 Å². The van der Waals surface area contributed by atoms with Crippen LogP contribution in [-0.4, -0.2) is 34.1 Å². The average molecular weight is 344 g/mol. The van der Waals surface area contributed by atoms with Gasteiger partial charge in [0.1, 0.15) is 9.71 Å². The topological polar surface area (TPSA) is 72.1 Å². The van der Waals surface area contributed by atoms with Crippen molar-refractivity contribution in [1.82, 2.24) is 15.1 Å². The molecule has 1 saturated heterocycles. The molecule has 23 heavy (non-hydrogen) atoms. The van der Waals surface area contributed by atoms with Crippen molar-refractivity contribution in [3.05, 3.63) is 38.5 Å². The number of hydrogen-bond donors (Lipinski definition) is 1. The van der Waals surface area contributed by atoms with Crippen molar-refractivity contribution in [3.63, 3.8) is 0 Å². The van der Waals surface area contributed by atoms with Crippen LogP contribution in [0.4, 0.5) is 5.69 Å². The van der Waals surface area contributed by atoms with Gasteiger partial charge in [0, 0.05) is 29.3 Å². The number of nitrogens with two attached hydrogens (primary N) is 1. The van der Waals surface area contributed by atoms with Crippen LogP contribution in [0.3, 0.4) is 0 Å². The number of anilines is 1. The number of thiophene rings is 2. The third-order valence-electron chi connectivity index (χ3n) is 4.44. The van der Waals surface area contributed by atoms with Gasteiger partial charge in [-0.2, -0.15) is 5.10 Å². The summed E-state index contributed by atoms with van der Waals surface area (Å²) in [5.41, 5.74) is 8.65. The Morgan fingerprint density at radius 1 is 1.35 bits per heavy atom. The third kappa shape index (κ3) is 2.22. The lowest BCUT2D eigenvalue weighted by atomic mass is 9.98. The molecular formula is C16H16N4OS2.